The van der Waals surface area contributed by atoms with Crippen LogP contribution in [0.25, 0.3) is 11.0 Å². The smallest absolute Gasteiger partial charge is 0.224 e. The number of carbonyl (C=O) groups is 1. The van der Waals surface area contributed by atoms with Gasteiger partial charge in [0.15, 0.2) is 0 Å². The summed E-state index contributed by atoms with van der Waals surface area (Å²) in [5.41, 5.74) is 2.78. The van der Waals surface area contributed by atoms with E-state index in [-0.39, 0.29) is 5.91 Å². The molecule has 0 aliphatic carbocycles. The molecular formula is C14H17N3O2. The van der Waals surface area contributed by atoms with Crippen LogP contribution in [0.1, 0.15) is 12.2 Å². The van der Waals surface area contributed by atoms with Crippen molar-refractivity contribution in [2.45, 2.75) is 13.3 Å². The average Bonchev–Trinajstić information content (AvgIpc) is 2.60. The number of hydrogen-bond acceptors (Lipinski definition) is 3. The Bertz CT molecular complexity index is 629. The maximum atomic E-state index is 11.8. The highest BCUT2D eigenvalue weighted by molar-refractivity contribution is 5.93. The normalized spacial score (nSPS) is 15.5. The molecule has 0 spiro atoms. The second kappa shape index (κ2) is 4.66. The van der Waals surface area contributed by atoms with Crippen molar-refractivity contribution < 1.29 is 9.53 Å². The first-order valence-corrected chi connectivity index (χ1v) is 6.44. The van der Waals surface area contributed by atoms with E-state index in [1.54, 1.807) is 0 Å². The first-order chi connectivity index (χ1) is 9.13. The molecule has 2 heterocycles. The predicted octanol–water partition coefficient (Wildman–Crippen LogP) is 1.86. The van der Waals surface area contributed by atoms with Crippen LogP contribution >= 0.6 is 0 Å². The number of hydrogen-bond donors (Lipinski definition) is 1. The number of carbonyl (C=O) groups excluding carboxylic acids is 1. The third kappa shape index (κ3) is 2.33. The molecule has 0 atom stereocenters. The van der Waals surface area contributed by atoms with Crippen LogP contribution in [0.15, 0.2) is 18.2 Å². The van der Waals surface area contributed by atoms with E-state index in [0.717, 1.165) is 22.5 Å². The van der Waals surface area contributed by atoms with Crippen molar-refractivity contribution in [1.29, 1.82) is 0 Å². The molecule has 1 aliphatic rings. The van der Waals surface area contributed by atoms with Crippen LogP contribution in [0.5, 0.6) is 0 Å². The largest absolute Gasteiger partial charge is 0.381 e. The Morgan fingerprint density at radius 2 is 2.32 bits per heavy atom. The van der Waals surface area contributed by atoms with Gasteiger partial charge in [0.05, 0.1) is 24.2 Å². The van der Waals surface area contributed by atoms with E-state index in [9.17, 15) is 4.79 Å². The molecule has 1 amide bonds. The number of aryl methyl sites for hydroxylation is 2. The van der Waals surface area contributed by atoms with Crippen molar-refractivity contribution in [3.05, 3.63) is 24.0 Å². The fourth-order valence-electron chi connectivity index (χ4n) is 2.27. The highest BCUT2D eigenvalue weighted by Gasteiger charge is 2.21. The van der Waals surface area contributed by atoms with Gasteiger partial charge in [0.1, 0.15) is 5.82 Å². The lowest BCUT2D eigenvalue weighted by molar-refractivity contribution is -0.121. The van der Waals surface area contributed by atoms with Gasteiger partial charge in [-0.15, -0.1) is 0 Å². The fourth-order valence-corrected chi connectivity index (χ4v) is 2.27. The molecule has 2 aromatic rings. The van der Waals surface area contributed by atoms with E-state index in [1.807, 2.05) is 36.7 Å². The number of anilines is 1. The molecule has 1 aliphatic heterocycles. The average molecular weight is 259 g/mol. The third-order valence-corrected chi connectivity index (χ3v) is 3.57. The topological polar surface area (TPSA) is 56.1 Å². The van der Waals surface area contributed by atoms with E-state index >= 15 is 0 Å². The van der Waals surface area contributed by atoms with E-state index in [0.29, 0.717) is 25.6 Å². The predicted molar refractivity (Wildman–Crippen MR) is 73.0 cm³/mol. The molecule has 0 saturated carbocycles. The Morgan fingerprint density at radius 1 is 1.53 bits per heavy atom. The minimum atomic E-state index is 0.0419. The van der Waals surface area contributed by atoms with Gasteiger partial charge in [-0.05, 0) is 25.1 Å². The summed E-state index contributed by atoms with van der Waals surface area (Å²) in [6.07, 6.45) is 0.527. The Hall–Kier alpha value is -1.88. The molecule has 19 heavy (non-hydrogen) atoms. The highest BCUT2D eigenvalue weighted by atomic mass is 16.5. The van der Waals surface area contributed by atoms with Gasteiger partial charge < -0.3 is 14.6 Å². The third-order valence-electron chi connectivity index (χ3n) is 3.57. The van der Waals surface area contributed by atoms with Gasteiger partial charge in [0, 0.05) is 25.1 Å². The van der Waals surface area contributed by atoms with Gasteiger partial charge in [-0.25, -0.2) is 4.98 Å². The second-order valence-corrected chi connectivity index (χ2v) is 5.08. The minimum absolute atomic E-state index is 0.0419. The zero-order valence-corrected chi connectivity index (χ0v) is 11.1. The van der Waals surface area contributed by atoms with Crippen LogP contribution in [-0.2, 0) is 16.6 Å². The number of benzene rings is 1. The standard InChI is InChI=1S/C14H17N3O2/c1-9-15-12-6-11(3-4-13(12)17(9)2)16-14(18)5-10-7-19-8-10/h3-4,6,10H,5,7-8H2,1-2H3,(H,16,18). The van der Waals surface area contributed by atoms with Crippen molar-refractivity contribution in [2.75, 3.05) is 18.5 Å². The number of nitrogens with one attached hydrogen (secondary N) is 1. The lowest BCUT2D eigenvalue weighted by atomic mass is 10.0. The lowest BCUT2D eigenvalue weighted by Crippen LogP contribution is -2.31. The number of ether oxygens (including phenoxy) is 1. The molecule has 5 nitrogen and oxygen atoms in total. The Labute approximate surface area is 111 Å². The van der Waals surface area contributed by atoms with Gasteiger partial charge in [-0.1, -0.05) is 0 Å². The number of fused-ring (bicyclic) bond motifs is 1. The first-order valence-electron chi connectivity index (χ1n) is 6.44. The summed E-state index contributed by atoms with van der Waals surface area (Å²) >= 11 is 0. The fraction of sp³-hybridized carbons (Fsp3) is 0.429. The molecular weight excluding hydrogens is 242 g/mol. The Morgan fingerprint density at radius 3 is 3.00 bits per heavy atom. The van der Waals surface area contributed by atoms with Crippen LogP contribution in [0, 0.1) is 12.8 Å². The highest BCUT2D eigenvalue weighted by Crippen LogP contribution is 2.20. The van der Waals surface area contributed by atoms with Crippen LogP contribution in [0.4, 0.5) is 5.69 Å². The lowest BCUT2D eigenvalue weighted by Gasteiger charge is -2.25. The number of amides is 1. The zero-order valence-electron chi connectivity index (χ0n) is 11.1. The molecule has 0 bridgehead atoms. The number of rotatable bonds is 3. The summed E-state index contributed by atoms with van der Waals surface area (Å²) in [4.78, 5) is 16.3. The summed E-state index contributed by atoms with van der Waals surface area (Å²) in [5, 5.41) is 2.92. The molecule has 100 valence electrons. The SMILES string of the molecule is Cc1nc2cc(NC(=O)CC3COC3)ccc2n1C. The van der Waals surface area contributed by atoms with Gasteiger partial charge in [0.25, 0.3) is 0 Å². The maximum Gasteiger partial charge on any atom is 0.224 e. The first kappa shape index (κ1) is 12.2. The molecule has 1 N–H and O–H groups in total. The molecule has 1 saturated heterocycles. The van der Waals surface area contributed by atoms with Gasteiger partial charge in [-0.2, -0.15) is 0 Å². The quantitative estimate of drug-likeness (QED) is 0.915. The van der Waals surface area contributed by atoms with Crippen molar-refractivity contribution >= 4 is 22.6 Å². The van der Waals surface area contributed by atoms with E-state index in [4.69, 9.17) is 4.74 Å². The van der Waals surface area contributed by atoms with Crippen LogP contribution in [0.3, 0.4) is 0 Å². The van der Waals surface area contributed by atoms with Crippen molar-refractivity contribution in [2.24, 2.45) is 13.0 Å². The summed E-state index contributed by atoms with van der Waals surface area (Å²) < 4.78 is 7.10. The Kier molecular flexibility index (Phi) is 2.98. The molecule has 1 fully saturated rings. The molecule has 0 unspecified atom stereocenters. The second-order valence-electron chi connectivity index (χ2n) is 5.08. The number of aromatic nitrogens is 2. The molecule has 1 aromatic carbocycles. The monoisotopic (exact) mass is 259 g/mol. The van der Waals surface area contributed by atoms with Gasteiger partial charge in [0.2, 0.25) is 5.91 Å². The number of imidazole rings is 1. The van der Waals surface area contributed by atoms with Crippen molar-refractivity contribution in [1.82, 2.24) is 9.55 Å². The molecule has 1 aromatic heterocycles. The summed E-state index contributed by atoms with van der Waals surface area (Å²) in [6.45, 7) is 3.37. The van der Waals surface area contributed by atoms with Gasteiger partial charge >= 0.3 is 0 Å². The summed E-state index contributed by atoms with van der Waals surface area (Å²) in [5.74, 6) is 1.38. The van der Waals surface area contributed by atoms with Gasteiger partial charge in [-0.3, -0.25) is 4.79 Å². The van der Waals surface area contributed by atoms with Crippen LogP contribution in [0.2, 0.25) is 0 Å². The van der Waals surface area contributed by atoms with E-state index < -0.39 is 0 Å². The molecule has 5 heteroatoms. The Balaban J connectivity index is 1.75. The van der Waals surface area contributed by atoms with E-state index in [1.165, 1.54) is 0 Å². The summed E-state index contributed by atoms with van der Waals surface area (Å²) in [6, 6.07) is 5.81. The maximum absolute atomic E-state index is 11.8. The van der Waals surface area contributed by atoms with Crippen molar-refractivity contribution in [3.8, 4) is 0 Å². The van der Waals surface area contributed by atoms with Crippen LogP contribution in [-0.4, -0.2) is 28.7 Å². The summed E-state index contributed by atoms with van der Waals surface area (Å²) in [7, 11) is 1.99. The number of nitrogens with zero attached hydrogens (tertiary/aromatic N) is 2. The zero-order chi connectivity index (χ0) is 13.4. The van der Waals surface area contributed by atoms with Crippen molar-refractivity contribution in [3.63, 3.8) is 0 Å². The van der Waals surface area contributed by atoms with E-state index in [2.05, 4.69) is 10.3 Å². The molecule has 3 rings (SSSR count). The molecule has 0 radical (unpaired) electrons. The minimum Gasteiger partial charge on any atom is -0.381 e. The van der Waals surface area contributed by atoms with Crippen LogP contribution < -0.4 is 5.32 Å².